The van der Waals surface area contributed by atoms with E-state index in [0.717, 1.165) is 12.1 Å². The van der Waals surface area contributed by atoms with Crippen molar-refractivity contribution in [2.24, 2.45) is 5.92 Å². The van der Waals surface area contributed by atoms with Crippen LogP contribution in [0.25, 0.3) is 0 Å². The Morgan fingerprint density at radius 3 is 2.52 bits per heavy atom. The van der Waals surface area contributed by atoms with Gasteiger partial charge >= 0.3 is 5.97 Å². The number of aliphatic hydroxyl groups excluding tert-OH is 1. The van der Waals surface area contributed by atoms with Crippen molar-refractivity contribution in [1.82, 2.24) is 0 Å². The predicted octanol–water partition coefficient (Wildman–Crippen LogP) is 6.28. The van der Waals surface area contributed by atoms with E-state index in [0.29, 0.717) is 32.5 Å². The molecule has 1 aliphatic rings. The summed E-state index contributed by atoms with van der Waals surface area (Å²) in [5.41, 5.74) is 5.22. The van der Waals surface area contributed by atoms with Gasteiger partial charge in [0.25, 0.3) is 0 Å². The summed E-state index contributed by atoms with van der Waals surface area (Å²) in [6, 6.07) is 17.6. The molecule has 1 aliphatic carbocycles. The molecule has 4 nitrogen and oxygen atoms in total. The second-order valence-corrected chi connectivity index (χ2v) is 13.1. The third kappa shape index (κ3) is 7.56. The van der Waals surface area contributed by atoms with Gasteiger partial charge in [0.05, 0.1) is 6.61 Å². The number of aliphatic hydroxyl groups is 1. The number of halogens is 2. The van der Waals surface area contributed by atoms with Crippen molar-refractivity contribution in [2.45, 2.75) is 59.2 Å². The number of carbonyl (C=O) groups excluding carboxylic acids is 1. The van der Waals surface area contributed by atoms with Crippen molar-refractivity contribution in [3.8, 4) is 0 Å². The molecule has 3 rings (SSSR count). The van der Waals surface area contributed by atoms with Crippen molar-refractivity contribution in [3.05, 3.63) is 65.2 Å². The van der Waals surface area contributed by atoms with Crippen LogP contribution in [-0.4, -0.2) is 38.7 Å². The lowest BCUT2D eigenvalue weighted by Crippen LogP contribution is -2.24. The van der Waals surface area contributed by atoms with Crippen LogP contribution in [0.1, 0.15) is 56.2 Å². The Morgan fingerprint density at radius 1 is 1.12 bits per heavy atom. The minimum Gasteiger partial charge on any atom is -0.463 e. The Kier molecular flexibility index (Phi) is 9.88. The van der Waals surface area contributed by atoms with E-state index in [1.165, 1.54) is 23.2 Å². The molecule has 2 unspecified atom stereocenters. The fourth-order valence-electron chi connectivity index (χ4n) is 4.46. The minimum atomic E-state index is -0.259. The van der Waals surface area contributed by atoms with Gasteiger partial charge in [-0.3, -0.25) is 4.79 Å². The summed E-state index contributed by atoms with van der Waals surface area (Å²) in [4.78, 5) is 11.7. The monoisotopic (exact) mass is 675 g/mol. The van der Waals surface area contributed by atoms with Crippen LogP contribution >= 0.6 is 45.2 Å². The molecule has 2 aromatic rings. The summed E-state index contributed by atoms with van der Waals surface area (Å²) >= 11 is 5.27. The number of nitrogens with one attached hydrogen (secondary N) is 1. The molecule has 0 aliphatic heterocycles. The predicted molar refractivity (Wildman–Crippen MR) is 153 cm³/mol. The molecule has 0 saturated heterocycles. The topological polar surface area (TPSA) is 58.6 Å². The highest BCUT2D eigenvalue weighted by atomic mass is 127. The molecule has 0 spiro atoms. The van der Waals surface area contributed by atoms with Crippen LogP contribution in [0.4, 0.5) is 5.69 Å². The second kappa shape index (κ2) is 12.2. The van der Waals surface area contributed by atoms with Crippen LogP contribution < -0.4 is 5.32 Å². The molecule has 0 bridgehead atoms. The lowest BCUT2D eigenvalue weighted by Gasteiger charge is -2.26. The Morgan fingerprint density at radius 2 is 1.85 bits per heavy atom. The average molecular weight is 675 g/mol. The zero-order valence-corrected chi connectivity index (χ0v) is 24.0. The molecule has 6 heteroatoms. The Balaban J connectivity index is 1.64. The first-order valence-corrected chi connectivity index (χ1v) is 14.2. The molecule has 0 amide bonds. The summed E-state index contributed by atoms with van der Waals surface area (Å²) in [6.07, 6.45) is 2.22. The van der Waals surface area contributed by atoms with Crippen molar-refractivity contribution in [1.29, 1.82) is 0 Å². The zero-order valence-electron chi connectivity index (χ0n) is 19.7. The summed E-state index contributed by atoms with van der Waals surface area (Å²) in [7, 11) is 0. The number of esters is 1. The summed E-state index contributed by atoms with van der Waals surface area (Å²) in [5.74, 6) is 0.810. The molecule has 1 fully saturated rings. The zero-order chi connectivity index (χ0) is 24.0. The first kappa shape index (κ1) is 26.7. The molecule has 2 N–H and O–H groups in total. The number of ether oxygens (including phenoxy) is 1. The van der Waals surface area contributed by atoms with Crippen molar-refractivity contribution in [3.63, 3.8) is 0 Å². The van der Waals surface area contributed by atoms with Gasteiger partial charge in [-0.15, -0.1) is 0 Å². The molecule has 0 radical (unpaired) electrons. The second-order valence-electron chi connectivity index (χ2n) is 9.85. The molecule has 33 heavy (non-hydrogen) atoms. The van der Waals surface area contributed by atoms with E-state index in [9.17, 15) is 4.79 Å². The highest BCUT2D eigenvalue weighted by Gasteiger charge is 2.41. The molecular formula is C27H35I2NO3. The first-order valence-electron chi connectivity index (χ1n) is 11.7. The van der Waals surface area contributed by atoms with Crippen molar-refractivity contribution >= 4 is 56.8 Å². The van der Waals surface area contributed by atoms with Gasteiger partial charge in [0, 0.05) is 32.4 Å². The SMILES string of the molecule is CC(C)(C)c1cccc(NC[C@H]2C(I)CC(I)[C@@H]2c2ccc(CCC(=O)OCCO)cc2)c1. The van der Waals surface area contributed by atoms with E-state index in [4.69, 9.17) is 9.84 Å². The summed E-state index contributed by atoms with van der Waals surface area (Å²) < 4.78 is 6.19. The Bertz CT molecular complexity index is 910. The average Bonchev–Trinajstić information content (AvgIpc) is 3.07. The number of alkyl halides is 2. The fraction of sp³-hybridized carbons (Fsp3) is 0.519. The van der Waals surface area contributed by atoms with Gasteiger partial charge < -0.3 is 15.2 Å². The van der Waals surface area contributed by atoms with E-state index in [1.807, 2.05) is 0 Å². The van der Waals surface area contributed by atoms with Crippen LogP contribution in [-0.2, 0) is 21.4 Å². The van der Waals surface area contributed by atoms with E-state index in [1.54, 1.807) is 0 Å². The number of hydrogen-bond acceptors (Lipinski definition) is 4. The smallest absolute Gasteiger partial charge is 0.306 e. The maximum Gasteiger partial charge on any atom is 0.306 e. The van der Waals surface area contributed by atoms with E-state index in [-0.39, 0.29) is 24.6 Å². The standard InChI is InChI=1S/C27H35I2NO3/c1-27(2,3)20-5-4-6-21(15-20)30-17-22-23(28)16-24(29)26(22)19-10-7-18(8-11-19)9-12-25(32)33-14-13-31/h4-8,10-11,15,22-24,26,30-31H,9,12-14,16-17H2,1-3H3/t22-,23?,24?,26+/m0/s1. The maximum absolute atomic E-state index is 11.7. The molecule has 1 saturated carbocycles. The van der Waals surface area contributed by atoms with Gasteiger partial charge in [-0.2, -0.15) is 0 Å². The van der Waals surface area contributed by atoms with Gasteiger partial charge in [0.2, 0.25) is 0 Å². The number of aryl methyl sites for hydroxylation is 1. The largest absolute Gasteiger partial charge is 0.463 e. The third-order valence-electron chi connectivity index (χ3n) is 6.37. The van der Waals surface area contributed by atoms with Crippen LogP contribution in [0.15, 0.2) is 48.5 Å². The minimum absolute atomic E-state index is 0.0733. The van der Waals surface area contributed by atoms with Crippen molar-refractivity contribution < 1.29 is 14.6 Å². The van der Waals surface area contributed by atoms with Crippen LogP contribution in [0.2, 0.25) is 0 Å². The molecular weight excluding hydrogens is 640 g/mol. The summed E-state index contributed by atoms with van der Waals surface area (Å²) in [5, 5.41) is 12.5. The normalized spacial score (nSPS) is 22.8. The van der Waals surface area contributed by atoms with Crippen LogP contribution in [0.3, 0.4) is 0 Å². The highest BCUT2D eigenvalue weighted by molar-refractivity contribution is 14.1. The van der Waals surface area contributed by atoms with Gasteiger partial charge in [-0.1, -0.05) is 102 Å². The molecule has 180 valence electrons. The quantitative estimate of drug-likeness (QED) is 0.187. The number of carbonyl (C=O) groups is 1. The molecule has 0 heterocycles. The number of hydrogen-bond donors (Lipinski definition) is 2. The van der Waals surface area contributed by atoms with Gasteiger partial charge in [-0.05, 0) is 53.0 Å². The molecule has 2 aromatic carbocycles. The molecule has 4 atom stereocenters. The maximum atomic E-state index is 11.7. The lowest BCUT2D eigenvalue weighted by molar-refractivity contribution is -0.144. The number of anilines is 1. The van der Waals surface area contributed by atoms with Gasteiger partial charge in [-0.25, -0.2) is 0 Å². The highest BCUT2D eigenvalue weighted by Crippen LogP contribution is 2.47. The van der Waals surface area contributed by atoms with E-state index >= 15 is 0 Å². The summed E-state index contributed by atoms with van der Waals surface area (Å²) in [6.45, 7) is 7.66. The first-order chi connectivity index (χ1) is 15.7. The lowest BCUT2D eigenvalue weighted by atomic mass is 9.86. The Labute approximate surface area is 225 Å². The van der Waals surface area contributed by atoms with Gasteiger partial charge in [0.15, 0.2) is 0 Å². The van der Waals surface area contributed by atoms with Gasteiger partial charge in [0.1, 0.15) is 6.61 Å². The van der Waals surface area contributed by atoms with E-state index in [2.05, 4.69) is 120 Å². The fourth-order valence-corrected chi connectivity index (χ4v) is 8.18. The van der Waals surface area contributed by atoms with Crippen molar-refractivity contribution in [2.75, 3.05) is 25.1 Å². The number of benzene rings is 2. The number of rotatable bonds is 9. The van der Waals surface area contributed by atoms with E-state index < -0.39 is 0 Å². The Hall–Kier alpha value is -0.870. The van der Waals surface area contributed by atoms with Crippen LogP contribution in [0.5, 0.6) is 0 Å². The third-order valence-corrected chi connectivity index (χ3v) is 9.09. The van der Waals surface area contributed by atoms with Crippen LogP contribution in [0, 0.1) is 5.92 Å². The molecule has 0 aromatic heterocycles.